The lowest BCUT2D eigenvalue weighted by atomic mass is 10.1. The molecular formula is C50H90O6. The van der Waals surface area contributed by atoms with Crippen LogP contribution in [0.25, 0.3) is 0 Å². The van der Waals surface area contributed by atoms with Crippen molar-refractivity contribution in [3.8, 4) is 0 Å². The quantitative estimate of drug-likeness (QED) is 0.0201. The van der Waals surface area contributed by atoms with Crippen LogP contribution in [0.2, 0.25) is 0 Å². The molecule has 0 aliphatic rings. The Morgan fingerprint density at radius 1 is 0.357 bits per heavy atom. The molecule has 0 aromatic rings. The Kier molecular flexibility index (Phi) is 43.4. The molecule has 0 spiro atoms. The van der Waals surface area contributed by atoms with Crippen molar-refractivity contribution in [2.24, 2.45) is 0 Å². The zero-order chi connectivity index (χ0) is 40.8. The normalized spacial score (nSPS) is 12.3. The molecule has 0 saturated carbocycles. The summed E-state index contributed by atoms with van der Waals surface area (Å²) in [7, 11) is 0. The van der Waals surface area contributed by atoms with Crippen molar-refractivity contribution in [1.29, 1.82) is 0 Å². The number of ether oxygens (including phenoxy) is 3. The van der Waals surface area contributed by atoms with E-state index in [1.165, 1.54) is 148 Å². The molecule has 326 valence electrons. The second kappa shape index (κ2) is 45.3. The van der Waals surface area contributed by atoms with Gasteiger partial charge in [-0.3, -0.25) is 14.4 Å². The summed E-state index contributed by atoms with van der Waals surface area (Å²) in [5.74, 6) is -0.918. The molecule has 0 aromatic carbocycles. The molecule has 0 rings (SSSR count). The van der Waals surface area contributed by atoms with Gasteiger partial charge in [-0.15, -0.1) is 0 Å². The summed E-state index contributed by atoms with van der Waals surface area (Å²) < 4.78 is 16.7. The van der Waals surface area contributed by atoms with E-state index >= 15 is 0 Å². The first-order valence-electron chi connectivity index (χ1n) is 24.0. The van der Waals surface area contributed by atoms with E-state index in [1.54, 1.807) is 0 Å². The Labute approximate surface area is 346 Å². The summed E-state index contributed by atoms with van der Waals surface area (Å²) >= 11 is 0. The standard InChI is InChI=1S/C50H90O6/c1-4-7-10-13-16-19-21-22-23-24-25-26-27-28-29-32-34-37-40-43-49(52)55-46-47(45-54-48(51)42-39-36-33-30-18-15-12-9-6-3)56-50(53)44-41-38-35-31-20-17-14-11-8-5-2/h16,19,21-22,30,33,47H,4-15,17-18,20,23-29,31-32,34-46H2,1-3H3/b19-16-,22-21-,33-30-. The van der Waals surface area contributed by atoms with E-state index in [2.05, 4.69) is 57.2 Å². The fourth-order valence-corrected chi connectivity index (χ4v) is 6.73. The van der Waals surface area contributed by atoms with Crippen LogP contribution in [0.15, 0.2) is 36.5 Å². The summed E-state index contributed by atoms with van der Waals surface area (Å²) in [4.78, 5) is 37.7. The largest absolute Gasteiger partial charge is 0.462 e. The van der Waals surface area contributed by atoms with E-state index in [0.29, 0.717) is 19.3 Å². The van der Waals surface area contributed by atoms with Gasteiger partial charge < -0.3 is 14.2 Å². The van der Waals surface area contributed by atoms with E-state index in [1.807, 2.05) is 0 Å². The fourth-order valence-electron chi connectivity index (χ4n) is 6.73. The highest BCUT2D eigenvalue weighted by molar-refractivity contribution is 5.71. The zero-order valence-corrected chi connectivity index (χ0v) is 37.2. The second-order valence-electron chi connectivity index (χ2n) is 16.0. The molecule has 6 heteroatoms. The van der Waals surface area contributed by atoms with Gasteiger partial charge in [0.05, 0.1) is 0 Å². The van der Waals surface area contributed by atoms with E-state index in [0.717, 1.165) is 57.8 Å². The molecule has 0 heterocycles. The summed E-state index contributed by atoms with van der Waals surface area (Å²) in [6, 6.07) is 0. The maximum Gasteiger partial charge on any atom is 0.306 e. The molecular weight excluding hydrogens is 697 g/mol. The molecule has 0 saturated heterocycles. The molecule has 56 heavy (non-hydrogen) atoms. The van der Waals surface area contributed by atoms with E-state index in [9.17, 15) is 14.4 Å². The number of hydrogen-bond acceptors (Lipinski definition) is 6. The molecule has 0 aliphatic heterocycles. The van der Waals surface area contributed by atoms with Crippen LogP contribution in [0.1, 0.15) is 245 Å². The third kappa shape index (κ3) is 42.8. The average Bonchev–Trinajstić information content (AvgIpc) is 3.19. The van der Waals surface area contributed by atoms with Crippen LogP contribution in [-0.2, 0) is 28.6 Å². The molecule has 0 aliphatic carbocycles. The average molecular weight is 787 g/mol. The monoisotopic (exact) mass is 787 g/mol. The van der Waals surface area contributed by atoms with Crippen LogP contribution in [-0.4, -0.2) is 37.2 Å². The summed E-state index contributed by atoms with van der Waals surface area (Å²) in [5.41, 5.74) is 0. The van der Waals surface area contributed by atoms with Gasteiger partial charge in [-0.25, -0.2) is 0 Å². The third-order valence-corrected chi connectivity index (χ3v) is 10.4. The minimum atomic E-state index is -0.778. The minimum absolute atomic E-state index is 0.0802. The fraction of sp³-hybridized carbons (Fsp3) is 0.820. The van der Waals surface area contributed by atoms with Crippen molar-refractivity contribution in [3.63, 3.8) is 0 Å². The molecule has 1 atom stereocenters. The lowest BCUT2D eigenvalue weighted by Crippen LogP contribution is -2.30. The third-order valence-electron chi connectivity index (χ3n) is 10.4. The van der Waals surface area contributed by atoms with Crippen LogP contribution in [0.5, 0.6) is 0 Å². The Bertz CT molecular complexity index is 953. The molecule has 6 nitrogen and oxygen atoms in total. The molecule has 0 N–H and O–H groups in total. The first-order chi connectivity index (χ1) is 27.5. The van der Waals surface area contributed by atoms with Crippen LogP contribution in [0, 0.1) is 0 Å². The van der Waals surface area contributed by atoms with Crippen LogP contribution >= 0.6 is 0 Å². The van der Waals surface area contributed by atoms with Gasteiger partial charge >= 0.3 is 17.9 Å². The SMILES string of the molecule is CCCCC/C=C\C=C/CCCCCCCCCCCCC(=O)OCC(COC(=O)CCC/C=C\CCCCCC)OC(=O)CCCCCCCCCCCC. The van der Waals surface area contributed by atoms with Gasteiger partial charge in [0.25, 0.3) is 0 Å². The van der Waals surface area contributed by atoms with E-state index in [-0.39, 0.29) is 31.1 Å². The number of carbonyl (C=O) groups excluding carboxylic acids is 3. The molecule has 1 unspecified atom stereocenters. The highest BCUT2D eigenvalue weighted by Crippen LogP contribution is 2.15. The topological polar surface area (TPSA) is 78.9 Å². The number of hydrogen-bond donors (Lipinski definition) is 0. The summed E-state index contributed by atoms with van der Waals surface area (Å²) in [6.07, 6.45) is 51.4. The number of unbranched alkanes of at least 4 members (excludes halogenated alkanes) is 27. The van der Waals surface area contributed by atoms with Crippen molar-refractivity contribution in [2.45, 2.75) is 252 Å². The van der Waals surface area contributed by atoms with Gasteiger partial charge in [0.2, 0.25) is 0 Å². The van der Waals surface area contributed by atoms with Gasteiger partial charge in [-0.05, 0) is 64.2 Å². The predicted molar refractivity (Wildman–Crippen MR) is 238 cm³/mol. The number of allylic oxidation sites excluding steroid dienone is 6. The minimum Gasteiger partial charge on any atom is -0.462 e. The molecule has 0 amide bonds. The molecule has 0 fully saturated rings. The van der Waals surface area contributed by atoms with E-state index in [4.69, 9.17) is 14.2 Å². The highest BCUT2D eigenvalue weighted by atomic mass is 16.6. The van der Waals surface area contributed by atoms with Gasteiger partial charge in [-0.2, -0.15) is 0 Å². The zero-order valence-electron chi connectivity index (χ0n) is 37.2. The van der Waals surface area contributed by atoms with Gasteiger partial charge in [0.1, 0.15) is 13.2 Å². The van der Waals surface area contributed by atoms with Crippen molar-refractivity contribution < 1.29 is 28.6 Å². The Morgan fingerprint density at radius 3 is 1.12 bits per heavy atom. The lowest BCUT2D eigenvalue weighted by molar-refractivity contribution is -0.167. The summed E-state index contributed by atoms with van der Waals surface area (Å²) in [5, 5.41) is 0. The van der Waals surface area contributed by atoms with Gasteiger partial charge in [0.15, 0.2) is 6.10 Å². The second-order valence-corrected chi connectivity index (χ2v) is 16.0. The van der Waals surface area contributed by atoms with E-state index < -0.39 is 6.10 Å². The van der Waals surface area contributed by atoms with Crippen molar-refractivity contribution >= 4 is 17.9 Å². The van der Waals surface area contributed by atoms with Crippen molar-refractivity contribution in [2.75, 3.05) is 13.2 Å². The Morgan fingerprint density at radius 2 is 0.661 bits per heavy atom. The Balaban J connectivity index is 4.26. The number of esters is 3. The van der Waals surface area contributed by atoms with Crippen LogP contribution < -0.4 is 0 Å². The first kappa shape index (κ1) is 53.6. The smallest absolute Gasteiger partial charge is 0.306 e. The van der Waals surface area contributed by atoms with Gasteiger partial charge in [-0.1, -0.05) is 198 Å². The van der Waals surface area contributed by atoms with Crippen LogP contribution in [0.4, 0.5) is 0 Å². The van der Waals surface area contributed by atoms with Crippen LogP contribution in [0.3, 0.4) is 0 Å². The first-order valence-corrected chi connectivity index (χ1v) is 24.0. The van der Waals surface area contributed by atoms with Crippen molar-refractivity contribution in [3.05, 3.63) is 36.5 Å². The predicted octanol–water partition coefficient (Wildman–Crippen LogP) is 15.4. The Hall–Kier alpha value is -2.37. The molecule has 0 radical (unpaired) electrons. The number of carbonyl (C=O) groups is 3. The highest BCUT2D eigenvalue weighted by Gasteiger charge is 2.19. The molecule has 0 bridgehead atoms. The summed E-state index contributed by atoms with van der Waals surface area (Å²) in [6.45, 7) is 6.54. The maximum absolute atomic E-state index is 12.7. The van der Waals surface area contributed by atoms with Gasteiger partial charge in [0, 0.05) is 19.3 Å². The van der Waals surface area contributed by atoms with Crippen molar-refractivity contribution in [1.82, 2.24) is 0 Å². The number of rotatable bonds is 43. The molecule has 0 aromatic heterocycles. The maximum atomic E-state index is 12.7. The lowest BCUT2D eigenvalue weighted by Gasteiger charge is -2.18.